The summed E-state index contributed by atoms with van der Waals surface area (Å²) < 4.78 is 0. The highest BCUT2D eigenvalue weighted by molar-refractivity contribution is 8.74. The lowest BCUT2D eigenvalue weighted by atomic mass is 10.8. The average Bonchev–Trinajstić information content (AvgIpc) is 1.65. The second kappa shape index (κ2) is 3.52. The smallest absolute Gasteiger partial charge is 0.225 e. The molecule has 0 aromatic carbocycles. The monoisotopic (exact) mass is 123 g/mol. The van der Waals surface area contributed by atoms with Crippen molar-refractivity contribution in [1.29, 1.82) is 0 Å². The SMILES string of the molecule is O=C(CO)S[S]. The Kier molecular flexibility index (Phi) is 3.71. The molecule has 0 unspecified atom stereocenters. The minimum atomic E-state index is -0.450. The second-order valence-electron chi connectivity index (χ2n) is 0.613. The van der Waals surface area contributed by atoms with E-state index in [-0.39, 0.29) is 5.12 Å². The van der Waals surface area contributed by atoms with Crippen molar-refractivity contribution in [2.45, 2.75) is 0 Å². The van der Waals surface area contributed by atoms with Gasteiger partial charge in [0, 0.05) is 0 Å². The first-order valence-electron chi connectivity index (χ1n) is 1.24. The highest BCUT2D eigenvalue weighted by atomic mass is 33.1. The number of rotatable bonds is 1. The molecule has 0 amide bonds. The van der Waals surface area contributed by atoms with E-state index >= 15 is 0 Å². The van der Waals surface area contributed by atoms with Crippen molar-refractivity contribution < 1.29 is 9.90 Å². The Morgan fingerprint density at radius 1 is 2.00 bits per heavy atom. The quantitative estimate of drug-likeness (QED) is 0.511. The highest BCUT2D eigenvalue weighted by Crippen LogP contribution is 2.03. The topological polar surface area (TPSA) is 37.3 Å². The van der Waals surface area contributed by atoms with E-state index in [1.807, 2.05) is 0 Å². The van der Waals surface area contributed by atoms with Gasteiger partial charge in [-0.1, -0.05) is 0 Å². The molecule has 0 atom stereocenters. The van der Waals surface area contributed by atoms with Gasteiger partial charge in [0.2, 0.25) is 5.12 Å². The van der Waals surface area contributed by atoms with Gasteiger partial charge in [0.15, 0.2) is 0 Å². The van der Waals surface area contributed by atoms with Gasteiger partial charge in [-0.15, -0.1) is 0 Å². The summed E-state index contributed by atoms with van der Waals surface area (Å²) in [4.78, 5) is 9.79. The summed E-state index contributed by atoms with van der Waals surface area (Å²) in [7, 11) is 0.619. The van der Waals surface area contributed by atoms with Gasteiger partial charge in [-0.25, -0.2) is 0 Å². The molecule has 0 bridgehead atoms. The number of hydrogen-bond donors (Lipinski definition) is 1. The van der Waals surface area contributed by atoms with Gasteiger partial charge >= 0.3 is 0 Å². The lowest BCUT2D eigenvalue weighted by Crippen LogP contribution is -1.92. The summed E-state index contributed by atoms with van der Waals surface area (Å²) in [6, 6.07) is 0. The van der Waals surface area contributed by atoms with Gasteiger partial charge in [0.25, 0.3) is 0 Å². The van der Waals surface area contributed by atoms with Crippen LogP contribution >= 0.6 is 22.5 Å². The molecule has 0 aliphatic rings. The molecule has 0 aromatic heterocycles. The molecule has 4 heteroatoms. The van der Waals surface area contributed by atoms with Gasteiger partial charge in [-0.3, -0.25) is 4.79 Å². The Labute approximate surface area is 44.7 Å². The van der Waals surface area contributed by atoms with Crippen molar-refractivity contribution >= 4 is 27.6 Å². The van der Waals surface area contributed by atoms with Crippen molar-refractivity contribution in [3.05, 3.63) is 0 Å². The predicted octanol–water partition coefficient (Wildman–Crippen LogP) is 0.351. The van der Waals surface area contributed by atoms with E-state index in [9.17, 15) is 4.79 Å². The molecule has 35 valence electrons. The van der Waals surface area contributed by atoms with Crippen LogP contribution in [0.4, 0.5) is 0 Å². The lowest BCUT2D eigenvalue weighted by Gasteiger charge is -1.78. The zero-order chi connectivity index (χ0) is 4.99. The maximum Gasteiger partial charge on any atom is 0.225 e. The zero-order valence-electron chi connectivity index (χ0n) is 2.88. The second-order valence-corrected chi connectivity index (χ2v) is 1.74. The molecule has 1 N–H and O–H groups in total. The first kappa shape index (κ1) is 6.33. The molecular formula is C2H3O2S2. The Morgan fingerprint density at radius 3 is 2.50 bits per heavy atom. The summed E-state index contributed by atoms with van der Waals surface area (Å²) in [6.07, 6.45) is 0. The van der Waals surface area contributed by atoms with Gasteiger partial charge < -0.3 is 5.11 Å². The molecule has 1 radical (unpaired) electrons. The van der Waals surface area contributed by atoms with Crippen LogP contribution in [-0.2, 0) is 4.79 Å². The Balaban J connectivity index is 2.99. The standard InChI is InChI=1S/C2H3O2S2/c3-1-2(4)6-5/h3H,1H2. The number of hydrogen-bond acceptors (Lipinski definition) is 3. The van der Waals surface area contributed by atoms with E-state index in [1.54, 1.807) is 0 Å². The Bertz CT molecular complexity index is 47.5. The molecule has 6 heavy (non-hydrogen) atoms. The van der Waals surface area contributed by atoms with Crippen LogP contribution in [0.2, 0.25) is 0 Å². The summed E-state index contributed by atoms with van der Waals surface area (Å²) in [5.41, 5.74) is 0. The lowest BCUT2D eigenvalue weighted by molar-refractivity contribution is -0.113. The highest BCUT2D eigenvalue weighted by Gasteiger charge is 1.91. The fraction of sp³-hybridized carbons (Fsp3) is 0.500. The molecule has 0 spiro atoms. The molecule has 0 aromatic rings. The maximum atomic E-state index is 9.79. The van der Waals surface area contributed by atoms with Crippen LogP contribution in [0.3, 0.4) is 0 Å². The molecule has 2 nitrogen and oxygen atoms in total. The number of aliphatic hydroxyl groups is 1. The first-order valence-corrected chi connectivity index (χ1v) is 2.99. The van der Waals surface area contributed by atoms with E-state index in [4.69, 9.17) is 5.11 Å². The fourth-order valence-corrected chi connectivity index (χ4v) is 0.237. The van der Waals surface area contributed by atoms with Gasteiger partial charge in [-0.2, -0.15) is 0 Å². The molecule has 0 saturated heterocycles. The number of carbonyl (C=O) groups is 1. The summed E-state index contributed by atoms with van der Waals surface area (Å²) >= 11 is 4.18. The van der Waals surface area contributed by atoms with E-state index in [1.165, 1.54) is 0 Å². The summed E-state index contributed by atoms with van der Waals surface area (Å²) in [6.45, 7) is -0.450. The predicted molar refractivity (Wildman–Crippen MR) is 27.3 cm³/mol. The molecule has 0 heterocycles. The summed E-state index contributed by atoms with van der Waals surface area (Å²) in [5, 5.41) is 7.53. The molecule has 0 aliphatic heterocycles. The molecule has 0 rings (SSSR count). The van der Waals surface area contributed by atoms with Crippen LogP contribution in [-0.4, -0.2) is 16.8 Å². The molecule has 0 saturated carbocycles. The fourth-order valence-electron chi connectivity index (χ4n) is 0.0264. The molecular weight excluding hydrogens is 120 g/mol. The van der Waals surface area contributed by atoms with Crippen molar-refractivity contribution in [2.24, 2.45) is 0 Å². The van der Waals surface area contributed by atoms with Gasteiger partial charge in [0.1, 0.15) is 6.61 Å². The minimum Gasteiger partial charge on any atom is -0.388 e. The third-order valence-corrected chi connectivity index (χ3v) is 1.09. The van der Waals surface area contributed by atoms with Crippen LogP contribution in [0.15, 0.2) is 0 Å². The Hall–Kier alpha value is 0.330. The van der Waals surface area contributed by atoms with Crippen molar-refractivity contribution in [1.82, 2.24) is 0 Å². The maximum absolute atomic E-state index is 9.79. The van der Waals surface area contributed by atoms with Crippen LogP contribution in [0.25, 0.3) is 0 Å². The van der Waals surface area contributed by atoms with E-state index in [0.29, 0.717) is 10.8 Å². The normalized spacial score (nSPS) is 8.33. The average molecular weight is 123 g/mol. The zero-order valence-corrected chi connectivity index (χ0v) is 4.51. The van der Waals surface area contributed by atoms with Crippen LogP contribution < -0.4 is 0 Å². The van der Waals surface area contributed by atoms with Crippen LogP contribution in [0, 0.1) is 0 Å². The Morgan fingerprint density at radius 2 is 2.50 bits per heavy atom. The van der Waals surface area contributed by atoms with E-state index in [2.05, 4.69) is 11.7 Å². The first-order chi connectivity index (χ1) is 2.81. The molecule has 0 fully saturated rings. The van der Waals surface area contributed by atoms with Crippen molar-refractivity contribution in [2.75, 3.05) is 6.61 Å². The third kappa shape index (κ3) is 2.56. The van der Waals surface area contributed by atoms with Crippen LogP contribution in [0.5, 0.6) is 0 Å². The molecule has 0 aliphatic carbocycles. The number of aliphatic hydroxyl groups excluding tert-OH is 1. The van der Waals surface area contributed by atoms with Gasteiger partial charge in [-0.05, 0) is 22.5 Å². The largest absolute Gasteiger partial charge is 0.388 e. The third-order valence-electron chi connectivity index (χ3n) is 0.222. The van der Waals surface area contributed by atoms with Crippen molar-refractivity contribution in [3.63, 3.8) is 0 Å². The van der Waals surface area contributed by atoms with E-state index < -0.39 is 6.61 Å². The summed E-state index contributed by atoms with van der Waals surface area (Å²) in [5.74, 6) is 0. The van der Waals surface area contributed by atoms with Crippen LogP contribution in [0.1, 0.15) is 0 Å². The van der Waals surface area contributed by atoms with Gasteiger partial charge in [0.05, 0.1) is 0 Å². The van der Waals surface area contributed by atoms with E-state index in [0.717, 1.165) is 0 Å². The minimum absolute atomic E-state index is 0.370. The van der Waals surface area contributed by atoms with Crippen molar-refractivity contribution in [3.8, 4) is 0 Å². The number of carbonyl (C=O) groups excluding carboxylic acids is 1.